The predicted octanol–water partition coefficient (Wildman–Crippen LogP) is 8.56. The second-order valence-corrected chi connectivity index (χ2v) is 21.0. The summed E-state index contributed by atoms with van der Waals surface area (Å²) in [6.07, 6.45) is -3.50. The van der Waals surface area contributed by atoms with E-state index in [1.54, 1.807) is 6.07 Å². The van der Waals surface area contributed by atoms with Gasteiger partial charge in [0.05, 0.1) is 0 Å². The van der Waals surface area contributed by atoms with E-state index in [1.807, 2.05) is 43.3 Å². The number of halogens is 3. The quantitative estimate of drug-likeness (QED) is 0.245. The van der Waals surface area contributed by atoms with E-state index in [9.17, 15) is 13.2 Å². The van der Waals surface area contributed by atoms with E-state index >= 15 is 0 Å². The van der Waals surface area contributed by atoms with Crippen LogP contribution < -0.4 is 4.40 Å². The molecule has 0 atom stereocenters. The van der Waals surface area contributed by atoms with E-state index in [0.717, 1.165) is 33.7 Å². The number of aromatic nitrogens is 1. The van der Waals surface area contributed by atoms with Crippen LogP contribution in [0.15, 0.2) is 66.9 Å². The third-order valence-electron chi connectivity index (χ3n) is 6.40. The SMILES string of the molecule is Cc1c[c]([Ge]([CH3])([CH3])[CH3])ccc1-c1cc(-c2cc(C(C)C)c3ccccc3c2)ncc1C(F)(F)F. The van der Waals surface area contributed by atoms with Crippen LogP contribution in [-0.4, -0.2) is 18.3 Å². The molecule has 0 spiro atoms. The van der Waals surface area contributed by atoms with E-state index in [1.165, 1.54) is 4.40 Å². The Morgan fingerprint density at radius 3 is 2.18 bits per heavy atom. The van der Waals surface area contributed by atoms with Crippen LogP contribution >= 0.6 is 0 Å². The molecule has 1 heterocycles. The summed E-state index contributed by atoms with van der Waals surface area (Å²) in [5.41, 5.74) is 3.49. The summed E-state index contributed by atoms with van der Waals surface area (Å²) in [5.74, 6) is 7.13. The van der Waals surface area contributed by atoms with Crippen molar-refractivity contribution in [3.63, 3.8) is 0 Å². The zero-order chi connectivity index (χ0) is 24.8. The molecule has 4 aromatic rings. The monoisotopic (exact) mass is 523 g/mol. The third-order valence-corrected chi connectivity index (χ3v) is 10.7. The number of hydrogen-bond acceptors (Lipinski definition) is 1. The second kappa shape index (κ2) is 8.88. The molecule has 0 saturated heterocycles. The van der Waals surface area contributed by atoms with Gasteiger partial charge in [-0.25, -0.2) is 0 Å². The van der Waals surface area contributed by atoms with Gasteiger partial charge >= 0.3 is 197 Å². The molecule has 1 aromatic heterocycles. The van der Waals surface area contributed by atoms with Gasteiger partial charge in [-0.3, -0.25) is 0 Å². The molecule has 176 valence electrons. The molecule has 4 rings (SSSR count). The summed E-state index contributed by atoms with van der Waals surface area (Å²) in [4.78, 5) is 4.28. The molecule has 0 N–H and O–H groups in total. The average molecular weight is 522 g/mol. The summed E-state index contributed by atoms with van der Waals surface area (Å²) in [7, 11) is 0. The normalized spacial score (nSPS) is 12.5. The van der Waals surface area contributed by atoms with Gasteiger partial charge in [0.2, 0.25) is 0 Å². The van der Waals surface area contributed by atoms with Crippen molar-refractivity contribution in [3.8, 4) is 22.4 Å². The molecular weight excluding hydrogens is 492 g/mol. The molecule has 0 unspecified atom stereocenters. The van der Waals surface area contributed by atoms with Crippen LogP contribution in [0.4, 0.5) is 13.2 Å². The Balaban J connectivity index is 1.94. The number of rotatable bonds is 4. The van der Waals surface area contributed by atoms with Crippen molar-refractivity contribution < 1.29 is 13.2 Å². The summed E-state index contributed by atoms with van der Waals surface area (Å²) >= 11 is -2.10. The van der Waals surface area contributed by atoms with Crippen LogP contribution in [0.1, 0.15) is 36.5 Å². The fraction of sp³-hybridized carbons (Fsp3) is 0.276. The van der Waals surface area contributed by atoms with Crippen LogP contribution in [0.25, 0.3) is 33.2 Å². The van der Waals surface area contributed by atoms with Gasteiger partial charge in [-0.05, 0) is 0 Å². The van der Waals surface area contributed by atoms with Crippen LogP contribution in [0, 0.1) is 6.92 Å². The first kappa shape index (κ1) is 24.5. The third kappa shape index (κ3) is 4.79. The zero-order valence-electron chi connectivity index (χ0n) is 20.5. The molecule has 0 aliphatic rings. The number of benzene rings is 3. The summed E-state index contributed by atoms with van der Waals surface area (Å²) < 4.78 is 43.3. The second-order valence-electron chi connectivity index (χ2n) is 10.3. The molecule has 3 aromatic carbocycles. The van der Waals surface area contributed by atoms with E-state index in [-0.39, 0.29) is 11.5 Å². The van der Waals surface area contributed by atoms with Gasteiger partial charge in [0.1, 0.15) is 0 Å². The Hall–Kier alpha value is -2.60. The Labute approximate surface area is 202 Å². The molecule has 0 amide bonds. The minimum absolute atomic E-state index is 0.183. The first-order valence-electron chi connectivity index (χ1n) is 11.6. The zero-order valence-corrected chi connectivity index (χ0v) is 22.6. The van der Waals surface area contributed by atoms with Gasteiger partial charge in [0.15, 0.2) is 0 Å². The fourth-order valence-corrected chi connectivity index (χ4v) is 7.05. The van der Waals surface area contributed by atoms with Crippen LogP contribution in [0.3, 0.4) is 0 Å². The predicted molar refractivity (Wildman–Crippen MR) is 139 cm³/mol. The summed E-state index contributed by atoms with van der Waals surface area (Å²) in [6.45, 7) is 6.16. The van der Waals surface area contributed by atoms with E-state index in [4.69, 9.17) is 0 Å². The van der Waals surface area contributed by atoms with Gasteiger partial charge in [-0.15, -0.1) is 0 Å². The Morgan fingerprint density at radius 1 is 0.853 bits per heavy atom. The molecule has 34 heavy (non-hydrogen) atoms. The van der Waals surface area contributed by atoms with Crippen molar-refractivity contribution in [2.45, 2.75) is 50.1 Å². The Kier molecular flexibility index (Phi) is 6.41. The van der Waals surface area contributed by atoms with Crippen LogP contribution in [0.5, 0.6) is 0 Å². The maximum absolute atomic E-state index is 14.0. The number of alkyl halides is 3. The minimum atomic E-state index is -4.49. The number of aryl methyl sites for hydroxylation is 1. The maximum atomic E-state index is 14.0. The van der Waals surface area contributed by atoms with E-state index < -0.39 is 25.0 Å². The van der Waals surface area contributed by atoms with Gasteiger partial charge in [-0.2, -0.15) is 0 Å². The first-order valence-corrected chi connectivity index (χ1v) is 18.9. The van der Waals surface area contributed by atoms with Crippen molar-refractivity contribution in [2.24, 2.45) is 0 Å². The Bertz CT molecular complexity index is 1360. The van der Waals surface area contributed by atoms with Crippen molar-refractivity contribution in [3.05, 3.63) is 83.6 Å². The molecule has 0 fully saturated rings. The van der Waals surface area contributed by atoms with Crippen molar-refractivity contribution in [2.75, 3.05) is 0 Å². The molecule has 1 nitrogen and oxygen atoms in total. The van der Waals surface area contributed by atoms with E-state index in [0.29, 0.717) is 11.3 Å². The van der Waals surface area contributed by atoms with Gasteiger partial charge < -0.3 is 0 Å². The fourth-order valence-electron chi connectivity index (χ4n) is 4.46. The van der Waals surface area contributed by atoms with Crippen molar-refractivity contribution in [1.82, 2.24) is 4.98 Å². The molecule has 5 heteroatoms. The Morgan fingerprint density at radius 2 is 1.56 bits per heavy atom. The van der Waals surface area contributed by atoms with Gasteiger partial charge in [0, 0.05) is 0 Å². The average Bonchev–Trinajstić information content (AvgIpc) is 2.76. The van der Waals surface area contributed by atoms with E-state index in [2.05, 4.69) is 54.3 Å². The molecule has 0 aliphatic heterocycles. The number of hydrogen-bond donors (Lipinski definition) is 0. The molecular formula is C29H30F3GeN. The molecule has 0 bridgehead atoms. The van der Waals surface area contributed by atoms with Gasteiger partial charge in [0.25, 0.3) is 0 Å². The number of fused-ring (bicyclic) bond motifs is 1. The van der Waals surface area contributed by atoms with Crippen LogP contribution in [0.2, 0.25) is 17.3 Å². The van der Waals surface area contributed by atoms with Gasteiger partial charge in [-0.1, -0.05) is 6.07 Å². The van der Waals surface area contributed by atoms with Crippen molar-refractivity contribution >= 4 is 28.4 Å². The number of pyridine rings is 1. The van der Waals surface area contributed by atoms with Crippen LogP contribution in [-0.2, 0) is 6.18 Å². The first-order chi connectivity index (χ1) is 15.9. The summed E-state index contributed by atoms with van der Waals surface area (Å²) in [6, 6.07) is 19.7. The standard InChI is InChI=1S/C29H30F3GeN/c1-18(2)25-15-21(14-20-9-7-8-10-24(20)25)28-16-26(27(17-34-28)29(30,31)32)23-12-11-22(13-19(23)3)33(4,5)6/h7-18H,1-6H3. The molecule has 0 radical (unpaired) electrons. The topological polar surface area (TPSA) is 12.9 Å². The van der Waals surface area contributed by atoms with Crippen molar-refractivity contribution in [1.29, 1.82) is 0 Å². The molecule has 0 aliphatic carbocycles. The molecule has 0 saturated carbocycles. The number of nitrogens with zero attached hydrogens (tertiary/aromatic N) is 1. The summed E-state index contributed by atoms with van der Waals surface area (Å²) in [5, 5.41) is 2.22.